The third-order valence-electron chi connectivity index (χ3n) is 4.10. The van der Waals surface area contributed by atoms with Gasteiger partial charge in [0.1, 0.15) is 0 Å². The van der Waals surface area contributed by atoms with Gasteiger partial charge in [-0.3, -0.25) is 9.59 Å². The van der Waals surface area contributed by atoms with E-state index in [1.807, 2.05) is 43.3 Å². The van der Waals surface area contributed by atoms with Crippen LogP contribution in [0.15, 0.2) is 46.9 Å². The highest BCUT2D eigenvalue weighted by molar-refractivity contribution is 9.10. The number of aryl methyl sites for hydroxylation is 1. The van der Waals surface area contributed by atoms with Gasteiger partial charge < -0.3 is 10.2 Å². The van der Waals surface area contributed by atoms with Gasteiger partial charge in [-0.05, 0) is 42.8 Å². The molecule has 3 rings (SSSR count). The molecular formula is C18H16BrClN2O2. The Hall–Kier alpha value is -1.85. The lowest BCUT2D eigenvalue weighted by atomic mass is 10.1. The molecule has 1 aliphatic heterocycles. The first-order valence-electron chi connectivity index (χ1n) is 7.57. The number of halogens is 2. The summed E-state index contributed by atoms with van der Waals surface area (Å²) in [4.78, 5) is 26.5. The molecule has 1 saturated heterocycles. The maximum atomic E-state index is 12.5. The number of anilines is 2. The fourth-order valence-corrected chi connectivity index (χ4v) is 3.30. The zero-order chi connectivity index (χ0) is 17.3. The van der Waals surface area contributed by atoms with Crippen molar-refractivity contribution in [2.24, 2.45) is 5.92 Å². The minimum absolute atomic E-state index is 0.0478. The molecule has 2 aromatic carbocycles. The first kappa shape index (κ1) is 17.0. The molecular weight excluding hydrogens is 392 g/mol. The van der Waals surface area contributed by atoms with Gasteiger partial charge >= 0.3 is 0 Å². The second-order valence-electron chi connectivity index (χ2n) is 5.80. The summed E-state index contributed by atoms with van der Waals surface area (Å²) >= 11 is 9.53. The average Bonchev–Trinajstić information content (AvgIpc) is 2.94. The Kier molecular flexibility index (Phi) is 4.92. The summed E-state index contributed by atoms with van der Waals surface area (Å²) in [5.41, 5.74) is 2.30. The molecule has 1 fully saturated rings. The van der Waals surface area contributed by atoms with E-state index >= 15 is 0 Å². The van der Waals surface area contributed by atoms with Crippen LogP contribution >= 0.6 is 27.5 Å². The average molecular weight is 408 g/mol. The molecule has 0 saturated carbocycles. The Bertz CT molecular complexity index is 772. The smallest absolute Gasteiger partial charge is 0.229 e. The van der Waals surface area contributed by atoms with E-state index in [0.717, 1.165) is 15.7 Å². The molecule has 1 N–H and O–H groups in total. The highest BCUT2D eigenvalue weighted by Crippen LogP contribution is 2.29. The normalized spacial score (nSPS) is 17.2. The first-order valence-corrected chi connectivity index (χ1v) is 8.74. The number of carbonyl (C=O) groups excluding carboxylic acids is 2. The van der Waals surface area contributed by atoms with Crippen molar-refractivity contribution in [3.05, 3.63) is 57.5 Å². The van der Waals surface area contributed by atoms with Crippen LogP contribution < -0.4 is 10.2 Å². The number of rotatable bonds is 3. The Morgan fingerprint density at radius 2 is 1.96 bits per heavy atom. The quantitative estimate of drug-likeness (QED) is 0.819. The van der Waals surface area contributed by atoms with Crippen molar-refractivity contribution in [3.63, 3.8) is 0 Å². The predicted molar refractivity (Wildman–Crippen MR) is 99.4 cm³/mol. The summed E-state index contributed by atoms with van der Waals surface area (Å²) in [6.45, 7) is 2.26. The summed E-state index contributed by atoms with van der Waals surface area (Å²) < 4.78 is 0.946. The predicted octanol–water partition coefficient (Wildman–Crippen LogP) is 4.40. The number of nitrogens with zero attached hydrogens (tertiary/aromatic N) is 1. The fourth-order valence-electron chi connectivity index (χ4n) is 2.77. The summed E-state index contributed by atoms with van der Waals surface area (Å²) in [7, 11) is 0. The second-order valence-corrected chi connectivity index (χ2v) is 7.13. The third-order valence-corrected chi connectivity index (χ3v) is 4.95. The van der Waals surface area contributed by atoms with E-state index in [0.29, 0.717) is 17.3 Å². The minimum atomic E-state index is -0.392. The van der Waals surface area contributed by atoms with E-state index < -0.39 is 5.92 Å². The Morgan fingerprint density at radius 1 is 1.25 bits per heavy atom. The van der Waals surface area contributed by atoms with Gasteiger partial charge in [-0.15, -0.1) is 0 Å². The second kappa shape index (κ2) is 6.95. The number of hydrogen-bond acceptors (Lipinski definition) is 2. The van der Waals surface area contributed by atoms with Crippen LogP contribution in [0, 0.1) is 12.8 Å². The molecule has 1 heterocycles. The largest absolute Gasteiger partial charge is 0.324 e. The Morgan fingerprint density at radius 3 is 2.62 bits per heavy atom. The van der Waals surface area contributed by atoms with Crippen molar-refractivity contribution >= 4 is 50.7 Å². The highest BCUT2D eigenvalue weighted by Gasteiger charge is 2.35. The molecule has 1 aliphatic rings. The van der Waals surface area contributed by atoms with E-state index in [-0.39, 0.29) is 18.2 Å². The lowest BCUT2D eigenvalue weighted by molar-refractivity contribution is -0.122. The summed E-state index contributed by atoms with van der Waals surface area (Å²) in [5.74, 6) is -0.621. The standard InChI is InChI=1S/C18H16BrClN2O2/c1-11-3-2-4-15(20)17(11)21-18(24)12-9-16(23)22(10-12)14-7-5-13(19)6-8-14/h2-8,12H,9-10H2,1H3,(H,21,24)/t12-/m0/s1. The lowest BCUT2D eigenvalue weighted by Gasteiger charge is -2.17. The van der Waals surface area contributed by atoms with Gasteiger partial charge in [-0.1, -0.05) is 39.7 Å². The molecule has 0 unspecified atom stereocenters. The van der Waals surface area contributed by atoms with Crippen LogP contribution in [-0.2, 0) is 9.59 Å². The monoisotopic (exact) mass is 406 g/mol. The van der Waals surface area contributed by atoms with Gasteiger partial charge in [-0.25, -0.2) is 0 Å². The molecule has 0 spiro atoms. The molecule has 24 heavy (non-hydrogen) atoms. The van der Waals surface area contributed by atoms with Crippen LogP contribution in [0.4, 0.5) is 11.4 Å². The van der Waals surface area contributed by atoms with Crippen LogP contribution in [0.1, 0.15) is 12.0 Å². The van der Waals surface area contributed by atoms with Gasteiger partial charge in [0, 0.05) is 23.1 Å². The van der Waals surface area contributed by atoms with Crippen molar-refractivity contribution in [3.8, 4) is 0 Å². The van der Waals surface area contributed by atoms with E-state index in [1.54, 1.807) is 11.0 Å². The summed E-state index contributed by atoms with van der Waals surface area (Å²) in [6.07, 6.45) is 0.200. The Labute approximate surface area is 153 Å². The molecule has 0 aliphatic carbocycles. The molecule has 124 valence electrons. The zero-order valence-corrected chi connectivity index (χ0v) is 15.4. The van der Waals surface area contributed by atoms with Crippen LogP contribution in [0.5, 0.6) is 0 Å². The van der Waals surface area contributed by atoms with Crippen LogP contribution in [0.3, 0.4) is 0 Å². The maximum absolute atomic E-state index is 12.5. The number of nitrogens with one attached hydrogen (secondary N) is 1. The molecule has 2 amide bonds. The Balaban J connectivity index is 1.73. The van der Waals surface area contributed by atoms with E-state index in [4.69, 9.17) is 11.6 Å². The van der Waals surface area contributed by atoms with Gasteiger partial charge in [0.2, 0.25) is 11.8 Å². The number of hydrogen-bond donors (Lipinski definition) is 1. The molecule has 0 bridgehead atoms. The van der Waals surface area contributed by atoms with E-state index in [1.165, 1.54) is 0 Å². The first-order chi connectivity index (χ1) is 11.5. The van der Waals surface area contributed by atoms with E-state index in [9.17, 15) is 9.59 Å². The zero-order valence-electron chi connectivity index (χ0n) is 13.1. The van der Waals surface area contributed by atoms with Crippen molar-refractivity contribution in [2.75, 3.05) is 16.8 Å². The van der Waals surface area contributed by atoms with Crippen molar-refractivity contribution in [2.45, 2.75) is 13.3 Å². The van der Waals surface area contributed by atoms with Crippen LogP contribution in [0.2, 0.25) is 5.02 Å². The van der Waals surface area contributed by atoms with Crippen molar-refractivity contribution in [1.29, 1.82) is 0 Å². The molecule has 1 atom stereocenters. The topological polar surface area (TPSA) is 49.4 Å². The van der Waals surface area contributed by atoms with E-state index in [2.05, 4.69) is 21.2 Å². The van der Waals surface area contributed by atoms with Gasteiger partial charge in [0.05, 0.1) is 16.6 Å². The number of para-hydroxylation sites is 1. The fraction of sp³-hybridized carbons (Fsp3) is 0.222. The number of benzene rings is 2. The van der Waals surface area contributed by atoms with Crippen LogP contribution in [0.25, 0.3) is 0 Å². The van der Waals surface area contributed by atoms with Crippen molar-refractivity contribution in [1.82, 2.24) is 0 Å². The SMILES string of the molecule is Cc1cccc(Cl)c1NC(=O)[C@H]1CC(=O)N(c2ccc(Br)cc2)C1. The van der Waals surface area contributed by atoms with Crippen molar-refractivity contribution < 1.29 is 9.59 Å². The number of carbonyl (C=O) groups is 2. The minimum Gasteiger partial charge on any atom is -0.324 e. The van der Waals surface area contributed by atoms with Gasteiger partial charge in [-0.2, -0.15) is 0 Å². The van der Waals surface area contributed by atoms with Crippen LogP contribution in [-0.4, -0.2) is 18.4 Å². The lowest BCUT2D eigenvalue weighted by Crippen LogP contribution is -2.28. The summed E-state index contributed by atoms with van der Waals surface area (Å²) in [5, 5.41) is 3.36. The molecule has 6 heteroatoms. The van der Waals surface area contributed by atoms with Gasteiger partial charge in [0.25, 0.3) is 0 Å². The highest BCUT2D eigenvalue weighted by atomic mass is 79.9. The molecule has 0 aromatic heterocycles. The van der Waals surface area contributed by atoms with Gasteiger partial charge in [0.15, 0.2) is 0 Å². The summed E-state index contributed by atoms with van der Waals surface area (Å²) in [6, 6.07) is 12.9. The third kappa shape index (κ3) is 3.47. The molecule has 0 radical (unpaired) electrons. The maximum Gasteiger partial charge on any atom is 0.229 e. The number of amides is 2. The molecule has 4 nitrogen and oxygen atoms in total. The molecule has 2 aromatic rings.